The molecule has 1 aliphatic heterocycles. The van der Waals surface area contributed by atoms with E-state index >= 15 is 0 Å². The predicted molar refractivity (Wildman–Crippen MR) is 159 cm³/mol. The van der Waals surface area contributed by atoms with Gasteiger partial charge in [-0.2, -0.15) is 0 Å². The molecule has 1 unspecified atom stereocenters. The number of nitrogens with zero attached hydrogens (tertiary/aromatic N) is 1. The molecule has 4 aromatic rings. The fourth-order valence-electron chi connectivity index (χ4n) is 5.13. The van der Waals surface area contributed by atoms with Gasteiger partial charge in [0.1, 0.15) is 0 Å². The molecular weight excluding hydrogens is 531 g/mol. The standard InChI is InChI=1S/C31H28Cl2N4O2/c32-27-13-20(14-28(33)26(27)17-38)19-5-10-29-24(12-19)30(25(16-35-29)31(39)18-3-4-18)37-22-8-6-21(7-9-22)36-23-2-1-11-34-15-23/h5-10,12-14,16-18,23,34,36H,1-4,11,15H2,(H,35,37). The maximum absolute atomic E-state index is 13.3. The summed E-state index contributed by atoms with van der Waals surface area (Å²) in [4.78, 5) is 29.3. The van der Waals surface area contributed by atoms with Gasteiger partial charge < -0.3 is 16.0 Å². The zero-order valence-corrected chi connectivity index (χ0v) is 22.8. The van der Waals surface area contributed by atoms with Crippen LogP contribution in [0.2, 0.25) is 10.0 Å². The van der Waals surface area contributed by atoms with Crippen LogP contribution in [0, 0.1) is 5.92 Å². The zero-order valence-electron chi connectivity index (χ0n) is 21.3. The van der Waals surface area contributed by atoms with Gasteiger partial charge in [-0.1, -0.05) is 29.3 Å². The number of hydrogen-bond acceptors (Lipinski definition) is 6. The molecule has 1 saturated carbocycles. The van der Waals surface area contributed by atoms with Crippen molar-refractivity contribution in [1.82, 2.24) is 10.3 Å². The average molecular weight is 559 g/mol. The van der Waals surface area contributed by atoms with Gasteiger partial charge >= 0.3 is 0 Å². The van der Waals surface area contributed by atoms with Crippen LogP contribution >= 0.6 is 23.2 Å². The van der Waals surface area contributed by atoms with E-state index in [9.17, 15) is 9.59 Å². The quantitative estimate of drug-likeness (QED) is 0.153. The minimum Gasteiger partial charge on any atom is -0.381 e. The first-order valence-electron chi connectivity index (χ1n) is 13.3. The maximum Gasteiger partial charge on any atom is 0.169 e. The van der Waals surface area contributed by atoms with Crippen LogP contribution in [-0.2, 0) is 0 Å². The molecule has 0 amide bonds. The number of piperidine rings is 1. The molecule has 0 spiro atoms. The van der Waals surface area contributed by atoms with Gasteiger partial charge in [-0.05, 0) is 91.9 Å². The summed E-state index contributed by atoms with van der Waals surface area (Å²) < 4.78 is 0. The molecule has 6 nitrogen and oxygen atoms in total. The van der Waals surface area contributed by atoms with Gasteiger partial charge in [0, 0.05) is 41.5 Å². The van der Waals surface area contributed by atoms with Gasteiger partial charge in [-0.15, -0.1) is 0 Å². The molecule has 2 fully saturated rings. The second-order valence-corrected chi connectivity index (χ2v) is 11.1. The number of benzene rings is 3. The van der Waals surface area contributed by atoms with Gasteiger partial charge in [0.15, 0.2) is 12.1 Å². The average Bonchev–Trinajstić information content (AvgIpc) is 3.80. The van der Waals surface area contributed by atoms with Crippen LogP contribution in [0.5, 0.6) is 0 Å². The van der Waals surface area contributed by atoms with Crippen molar-refractivity contribution < 1.29 is 9.59 Å². The molecule has 0 bridgehead atoms. The van der Waals surface area contributed by atoms with Gasteiger partial charge in [0.2, 0.25) is 0 Å². The highest BCUT2D eigenvalue weighted by molar-refractivity contribution is 6.39. The Hall–Kier alpha value is -3.45. The second-order valence-electron chi connectivity index (χ2n) is 10.3. The Kier molecular flexibility index (Phi) is 7.26. The molecule has 0 radical (unpaired) electrons. The summed E-state index contributed by atoms with van der Waals surface area (Å²) in [5.74, 6) is 0.166. The van der Waals surface area contributed by atoms with Crippen LogP contribution < -0.4 is 16.0 Å². The Labute approximate surface area is 237 Å². The molecule has 198 valence electrons. The minimum absolute atomic E-state index is 0.0529. The van der Waals surface area contributed by atoms with E-state index in [1.165, 1.54) is 6.42 Å². The van der Waals surface area contributed by atoms with Gasteiger partial charge in [0.05, 0.1) is 32.4 Å². The molecular formula is C31H28Cl2N4O2. The molecule has 8 heteroatoms. The fraction of sp³-hybridized carbons (Fsp3) is 0.258. The van der Waals surface area contributed by atoms with E-state index < -0.39 is 0 Å². The van der Waals surface area contributed by atoms with Crippen molar-refractivity contribution in [2.45, 2.75) is 31.7 Å². The van der Waals surface area contributed by atoms with E-state index in [-0.39, 0.29) is 17.3 Å². The van der Waals surface area contributed by atoms with E-state index in [2.05, 4.69) is 33.1 Å². The SMILES string of the molecule is O=Cc1c(Cl)cc(-c2ccc3ncc(C(=O)C4CC4)c(Nc4ccc(NC5CCCNC5)cc4)c3c2)cc1Cl. The number of nitrogens with one attached hydrogen (secondary N) is 3. The molecule has 39 heavy (non-hydrogen) atoms. The third kappa shape index (κ3) is 5.50. The molecule has 2 heterocycles. The second kappa shape index (κ2) is 11.0. The number of ketones is 1. The number of carbonyl (C=O) groups is 2. The number of anilines is 3. The molecule has 3 N–H and O–H groups in total. The first-order chi connectivity index (χ1) is 19.0. The van der Waals surface area contributed by atoms with Crippen molar-refractivity contribution in [3.8, 4) is 11.1 Å². The summed E-state index contributed by atoms with van der Waals surface area (Å²) in [6, 6.07) is 17.9. The summed E-state index contributed by atoms with van der Waals surface area (Å²) in [5, 5.41) is 12.0. The molecule has 1 aliphatic carbocycles. The normalized spacial score (nSPS) is 17.1. The lowest BCUT2D eigenvalue weighted by atomic mass is 9.98. The van der Waals surface area contributed by atoms with Crippen LogP contribution in [0.1, 0.15) is 46.4 Å². The number of pyridine rings is 1. The summed E-state index contributed by atoms with van der Waals surface area (Å²) in [5.41, 5.74) is 5.92. The lowest BCUT2D eigenvalue weighted by Crippen LogP contribution is -2.38. The monoisotopic (exact) mass is 558 g/mol. The van der Waals surface area contributed by atoms with E-state index in [4.69, 9.17) is 23.2 Å². The summed E-state index contributed by atoms with van der Waals surface area (Å²) in [7, 11) is 0. The van der Waals surface area contributed by atoms with Crippen molar-refractivity contribution in [3.63, 3.8) is 0 Å². The Morgan fingerprint density at radius 3 is 2.36 bits per heavy atom. The van der Waals surface area contributed by atoms with Crippen molar-refractivity contribution in [1.29, 1.82) is 0 Å². The lowest BCUT2D eigenvalue weighted by Gasteiger charge is -2.25. The molecule has 1 saturated heterocycles. The highest BCUT2D eigenvalue weighted by Gasteiger charge is 2.32. The fourth-order valence-corrected chi connectivity index (χ4v) is 5.70. The number of halogens is 2. The van der Waals surface area contributed by atoms with Crippen LogP contribution in [0.25, 0.3) is 22.0 Å². The number of aldehydes is 1. The van der Waals surface area contributed by atoms with Crippen molar-refractivity contribution in [2.24, 2.45) is 5.92 Å². The number of aromatic nitrogens is 1. The smallest absolute Gasteiger partial charge is 0.169 e. The number of rotatable bonds is 8. The maximum atomic E-state index is 13.3. The van der Waals surface area contributed by atoms with Crippen LogP contribution in [-0.4, -0.2) is 36.2 Å². The van der Waals surface area contributed by atoms with E-state index in [0.717, 1.165) is 71.4 Å². The molecule has 2 aliphatic rings. The zero-order chi connectivity index (χ0) is 26.9. The number of Topliss-reactive ketones (excluding diaryl/α,β-unsaturated/α-hetero) is 1. The van der Waals surface area contributed by atoms with Crippen molar-refractivity contribution in [2.75, 3.05) is 23.7 Å². The Bertz CT molecular complexity index is 1540. The highest BCUT2D eigenvalue weighted by Crippen LogP contribution is 2.39. The van der Waals surface area contributed by atoms with Gasteiger partial charge in [0.25, 0.3) is 0 Å². The minimum atomic E-state index is 0.0529. The number of hydrogen-bond donors (Lipinski definition) is 3. The van der Waals surface area contributed by atoms with Crippen LogP contribution in [0.3, 0.4) is 0 Å². The molecule has 1 atom stereocenters. The predicted octanol–water partition coefficient (Wildman–Crippen LogP) is 7.52. The van der Waals surface area contributed by atoms with Crippen molar-refractivity contribution >= 4 is 63.2 Å². The lowest BCUT2D eigenvalue weighted by molar-refractivity contribution is 0.0968. The number of carbonyl (C=O) groups excluding carboxylic acids is 2. The largest absolute Gasteiger partial charge is 0.381 e. The Morgan fingerprint density at radius 1 is 0.949 bits per heavy atom. The van der Waals surface area contributed by atoms with Crippen LogP contribution in [0.4, 0.5) is 17.1 Å². The molecule has 3 aromatic carbocycles. The summed E-state index contributed by atoms with van der Waals surface area (Å²) in [6.45, 7) is 2.04. The van der Waals surface area contributed by atoms with Crippen molar-refractivity contribution in [3.05, 3.63) is 82.0 Å². The first kappa shape index (κ1) is 25.8. The van der Waals surface area contributed by atoms with Gasteiger partial charge in [-0.25, -0.2) is 0 Å². The Balaban J connectivity index is 1.38. The molecule has 6 rings (SSSR count). The van der Waals surface area contributed by atoms with E-state index in [1.54, 1.807) is 18.3 Å². The van der Waals surface area contributed by atoms with E-state index in [1.807, 2.05) is 30.3 Å². The first-order valence-corrected chi connectivity index (χ1v) is 14.0. The highest BCUT2D eigenvalue weighted by atomic mass is 35.5. The molecule has 1 aromatic heterocycles. The summed E-state index contributed by atoms with van der Waals surface area (Å²) in [6.07, 6.45) is 6.48. The third-order valence-corrected chi connectivity index (χ3v) is 8.06. The topological polar surface area (TPSA) is 83.1 Å². The third-order valence-electron chi connectivity index (χ3n) is 7.43. The van der Waals surface area contributed by atoms with E-state index in [0.29, 0.717) is 27.9 Å². The Morgan fingerprint density at radius 2 is 1.69 bits per heavy atom. The van der Waals surface area contributed by atoms with Gasteiger partial charge in [-0.3, -0.25) is 14.6 Å². The number of fused-ring (bicyclic) bond motifs is 1. The van der Waals surface area contributed by atoms with Crippen LogP contribution in [0.15, 0.2) is 60.8 Å². The summed E-state index contributed by atoms with van der Waals surface area (Å²) >= 11 is 12.7.